The highest BCUT2D eigenvalue weighted by molar-refractivity contribution is 5.92. The average Bonchev–Trinajstić information content (AvgIpc) is 3.09. The van der Waals surface area contributed by atoms with E-state index in [4.69, 9.17) is 0 Å². The molecule has 18 heavy (non-hydrogen) atoms. The summed E-state index contributed by atoms with van der Waals surface area (Å²) in [5, 5.41) is 7.65. The number of carbonyl (C=O) groups excluding carboxylic acids is 1. The van der Waals surface area contributed by atoms with Gasteiger partial charge in [-0.3, -0.25) is 4.79 Å². The van der Waals surface area contributed by atoms with Crippen molar-refractivity contribution in [2.75, 3.05) is 6.54 Å². The molecule has 98 valence electrons. The molecule has 1 saturated carbocycles. The first-order valence-corrected chi connectivity index (χ1v) is 6.93. The summed E-state index contributed by atoms with van der Waals surface area (Å²) in [5.74, 6) is 0.828. The predicted molar refractivity (Wildman–Crippen MR) is 67.0 cm³/mol. The van der Waals surface area contributed by atoms with Crippen molar-refractivity contribution in [3.8, 4) is 0 Å². The van der Waals surface area contributed by atoms with Crippen molar-refractivity contribution in [2.24, 2.45) is 13.0 Å². The normalized spacial score (nSPS) is 24.9. The molecule has 0 spiro atoms. The van der Waals surface area contributed by atoms with Crippen LogP contribution >= 0.6 is 0 Å². The predicted octanol–water partition coefficient (Wildman–Crippen LogP) is 1.61. The second-order valence-electron chi connectivity index (χ2n) is 5.50. The largest absolute Gasteiger partial charge is 0.334 e. The Morgan fingerprint density at radius 1 is 1.28 bits per heavy atom. The average molecular weight is 248 g/mol. The second-order valence-corrected chi connectivity index (χ2v) is 5.50. The molecule has 1 aliphatic heterocycles. The molecule has 0 bridgehead atoms. The first-order valence-electron chi connectivity index (χ1n) is 6.93. The summed E-state index contributed by atoms with van der Waals surface area (Å²) in [6.45, 7) is 0.894. The first kappa shape index (κ1) is 11.7. The van der Waals surface area contributed by atoms with Crippen LogP contribution in [0.15, 0.2) is 6.20 Å². The van der Waals surface area contributed by atoms with Crippen molar-refractivity contribution in [2.45, 2.75) is 44.6 Å². The lowest BCUT2D eigenvalue weighted by atomic mass is 9.96. The number of rotatable bonds is 2. The molecule has 5 heteroatoms. The summed E-state index contributed by atoms with van der Waals surface area (Å²) >= 11 is 0. The summed E-state index contributed by atoms with van der Waals surface area (Å²) in [4.78, 5) is 14.6. The number of carbonyl (C=O) groups is 1. The number of aromatic nitrogens is 3. The fourth-order valence-electron chi connectivity index (χ4n) is 3.51. The van der Waals surface area contributed by atoms with E-state index in [0.29, 0.717) is 11.7 Å². The highest BCUT2D eigenvalue weighted by Crippen LogP contribution is 2.35. The van der Waals surface area contributed by atoms with Gasteiger partial charge in [-0.25, -0.2) is 4.68 Å². The Labute approximate surface area is 107 Å². The van der Waals surface area contributed by atoms with Crippen molar-refractivity contribution >= 4 is 5.91 Å². The molecule has 1 unspecified atom stereocenters. The van der Waals surface area contributed by atoms with E-state index in [0.717, 1.165) is 18.9 Å². The molecule has 1 amide bonds. The summed E-state index contributed by atoms with van der Waals surface area (Å²) in [5.41, 5.74) is 0.611. The van der Waals surface area contributed by atoms with Gasteiger partial charge in [0.25, 0.3) is 5.91 Å². The zero-order valence-corrected chi connectivity index (χ0v) is 10.9. The molecule has 1 atom stereocenters. The van der Waals surface area contributed by atoms with Crippen LogP contribution in [0.3, 0.4) is 0 Å². The van der Waals surface area contributed by atoms with Crippen LogP contribution in [0.25, 0.3) is 0 Å². The number of aryl methyl sites for hydroxylation is 1. The lowest BCUT2D eigenvalue weighted by molar-refractivity contribution is 0.0678. The van der Waals surface area contributed by atoms with Crippen LogP contribution in [0.5, 0.6) is 0 Å². The van der Waals surface area contributed by atoms with Gasteiger partial charge in [0.2, 0.25) is 0 Å². The topological polar surface area (TPSA) is 51.0 Å². The molecule has 1 aromatic rings. The van der Waals surface area contributed by atoms with Gasteiger partial charge in [-0.05, 0) is 31.6 Å². The molecule has 5 nitrogen and oxygen atoms in total. The Kier molecular flexibility index (Phi) is 3.06. The highest BCUT2D eigenvalue weighted by Gasteiger charge is 2.36. The van der Waals surface area contributed by atoms with Crippen molar-refractivity contribution in [3.05, 3.63) is 11.9 Å². The maximum atomic E-state index is 12.5. The van der Waals surface area contributed by atoms with Crippen LogP contribution in [0.1, 0.15) is 49.0 Å². The standard InChI is InChI=1S/C13H20N4O/c1-16-12(9-14-15-16)13(18)17-8-4-7-11(17)10-5-2-3-6-10/h9-11H,2-8H2,1H3. The second kappa shape index (κ2) is 4.71. The molecule has 1 aliphatic carbocycles. The highest BCUT2D eigenvalue weighted by atomic mass is 16.2. The minimum atomic E-state index is 0.108. The maximum absolute atomic E-state index is 12.5. The number of hydrogen-bond acceptors (Lipinski definition) is 3. The lowest BCUT2D eigenvalue weighted by Gasteiger charge is -2.29. The van der Waals surface area contributed by atoms with Gasteiger partial charge in [0, 0.05) is 19.6 Å². The Bertz CT molecular complexity index is 436. The van der Waals surface area contributed by atoms with E-state index in [2.05, 4.69) is 15.2 Å². The minimum Gasteiger partial charge on any atom is -0.334 e. The molecule has 2 heterocycles. The molecule has 0 radical (unpaired) electrons. The molecule has 0 N–H and O–H groups in total. The van der Waals surface area contributed by atoms with Gasteiger partial charge < -0.3 is 4.90 Å². The van der Waals surface area contributed by atoms with Crippen LogP contribution in [0.2, 0.25) is 0 Å². The molecule has 2 fully saturated rings. The van der Waals surface area contributed by atoms with E-state index < -0.39 is 0 Å². The molecular formula is C13H20N4O. The fourth-order valence-corrected chi connectivity index (χ4v) is 3.51. The molecule has 3 rings (SSSR count). The fraction of sp³-hybridized carbons (Fsp3) is 0.769. The maximum Gasteiger partial charge on any atom is 0.274 e. The Morgan fingerprint density at radius 2 is 2.06 bits per heavy atom. The summed E-state index contributed by atoms with van der Waals surface area (Å²) in [7, 11) is 1.78. The molecule has 1 aromatic heterocycles. The monoisotopic (exact) mass is 248 g/mol. The van der Waals surface area contributed by atoms with Crippen molar-refractivity contribution in [3.63, 3.8) is 0 Å². The number of nitrogens with zero attached hydrogens (tertiary/aromatic N) is 4. The minimum absolute atomic E-state index is 0.108. The van der Waals surface area contributed by atoms with Gasteiger partial charge in [0.05, 0.1) is 6.20 Å². The zero-order chi connectivity index (χ0) is 12.5. The number of amides is 1. The van der Waals surface area contributed by atoms with E-state index in [1.165, 1.54) is 32.1 Å². The SMILES string of the molecule is Cn1nncc1C(=O)N1CCCC1C1CCCC1. The van der Waals surface area contributed by atoms with E-state index in [1.807, 2.05) is 0 Å². The van der Waals surface area contributed by atoms with Gasteiger partial charge in [0.1, 0.15) is 5.69 Å². The van der Waals surface area contributed by atoms with Crippen molar-refractivity contribution < 1.29 is 4.79 Å². The third-order valence-corrected chi connectivity index (χ3v) is 4.44. The first-order chi connectivity index (χ1) is 8.77. The summed E-state index contributed by atoms with van der Waals surface area (Å²) in [6, 6.07) is 0.454. The van der Waals surface area contributed by atoms with E-state index in [-0.39, 0.29) is 5.91 Å². The van der Waals surface area contributed by atoms with Crippen LogP contribution in [-0.2, 0) is 7.05 Å². The Morgan fingerprint density at radius 3 is 2.72 bits per heavy atom. The van der Waals surface area contributed by atoms with Crippen molar-refractivity contribution in [1.82, 2.24) is 19.9 Å². The third-order valence-electron chi connectivity index (χ3n) is 4.44. The van der Waals surface area contributed by atoms with Crippen LogP contribution in [-0.4, -0.2) is 38.4 Å². The quantitative estimate of drug-likeness (QED) is 0.799. The van der Waals surface area contributed by atoms with Gasteiger partial charge in [-0.2, -0.15) is 0 Å². The third kappa shape index (κ3) is 1.91. The van der Waals surface area contributed by atoms with E-state index in [1.54, 1.807) is 17.9 Å². The molecule has 2 aliphatic rings. The molecular weight excluding hydrogens is 228 g/mol. The van der Waals surface area contributed by atoms with Gasteiger partial charge in [0.15, 0.2) is 0 Å². The van der Waals surface area contributed by atoms with Crippen LogP contribution in [0, 0.1) is 5.92 Å². The smallest absolute Gasteiger partial charge is 0.274 e. The Balaban J connectivity index is 1.78. The Hall–Kier alpha value is -1.39. The zero-order valence-electron chi connectivity index (χ0n) is 10.9. The molecule has 0 aromatic carbocycles. The van der Waals surface area contributed by atoms with E-state index >= 15 is 0 Å². The van der Waals surface area contributed by atoms with Crippen LogP contribution < -0.4 is 0 Å². The number of likely N-dealkylation sites (tertiary alicyclic amines) is 1. The number of hydrogen-bond donors (Lipinski definition) is 0. The summed E-state index contributed by atoms with van der Waals surface area (Å²) in [6.07, 6.45) is 9.12. The molecule has 1 saturated heterocycles. The van der Waals surface area contributed by atoms with E-state index in [9.17, 15) is 4.79 Å². The van der Waals surface area contributed by atoms with Crippen molar-refractivity contribution in [1.29, 1.82) is 0 Å². The summed E-state index contributed by atoms with van der Waals surface area (Å²) < 4.78 is 1.58. The van der Waals surface area contributed by atoms with Gasteiger partial charge in [-0.1, -0.05) is 18.1 Å². The van der Waals surface area contributed by atoms with Crippen LogP contribution in [0.4, 0.5) is 0 Å². The van der Waals surface area contributed by atoms with Gasteiger partial charge in [-0.15, -0.1) is 5.10 Å². The van der Waals surface area contributed by atoms with Gasteiger partial charge >= 0.3 is 0 Å². The lowest BCUT2D eigenvalue weighted by Crippen LogP contribution is -2.40.